The molecule has 0 fully saturated rings. The van der Waals surface area contributed by atoms with Gasteiger partial charge in [-0.25, -0.2) is 8.78 Å². The summed E-state index contributed by atoms with van der Waals surface area (Å²) in [6, 6.07) is 7.79. The molecule has 1 aliphatic heterocycles. The SMILES string of the molecule is C=CCN1C(=O)C(C)(C)COc2ccc(NC(=O)c3ccc(F)c(F)c3)cc21. The van der Waals surface area contributed by atoms with Crippen LogP contribution in [0.15, 0.2) is 49.1 Å². The van der Waals surface area contributed by atoms with E-state index in [1.807, 2.05) is 0 Å². The standard InChI is InChI=1S/C21H20F2N2O3/c1-4-9-25-17-11-14(6-8-18(17)28-12-21(2,3)20(25)27)24-19(26)13-5-7-15(22)16(23)10-13/h4-8,10-11H,1,9,12H2,2-3H3,(H,24,26). The van der Waals surface area contributed by atoms with Crippen LogP contribution in [0.4, 0.5) is 20.2 Å². The molecule has 0 atom stereocenters. The Bertz CT molecular complexity index is 957. The number of carbonyl (C=O) groups excluding carboxylic acids is 2. The highest BCUT2D eigenvalue weighted by Gasteiger charge is 2.37. The van der Waals surface area contributed by atoms with Gasteiger partial charge in [0.2, 0.25) is 5.91 Å². The van der Waals surface area contributed by atoms with Crippen molar-refractivity contribution in [3.05, 3.63) is 66.3 Å². The second kappa shape index (κ2) is 7.42. The summed E-state index contributed by atoms with van der Waals surface area (Å²) in [6.07, 6.45) is 1.61. The van der Waals surface area contributed by atoms with Crippen LogP contribution in [0, 0.1) is 17.0 Å². The molecular formula is C21H20F2N2O3. The number of amides is 2. The van der Waals surface area contributed by atoms with E-state index < -0.39 is 23.0 Å². The third-order valence-corrected chi connectivity index (χ3v) is 4.41. The third-order valence-electron chi connectivity index (χ3n) is 4.41. The molecule has 2 aromatic carbocycles. The van der Waals surface area contributed by atoms with E-state index in [0.29, 0.717) is 17.1 Å². The zero-order valence-corrected chi connectivity index (χ0v) is 15.6. The van der Waals surface area contributed by atoms with Crippen molar-refractivity contribution < 1.29 is 23.1 Å². The minimum Gasteiger partial charge on any atom is -0.490 e. The fraction of sp³-hybridized carbons (Fsp3) is 0.238. The average Bonchev–Trinajstić information content (AvgIpc) is 2.74. The van der Waals surface area contributed by atoms with Gasteiger partial charge in [0.1, 0.15) is 12.4 Å². The van der Waals surface area contributed by atoms with Crippen LogP contribution >= 0.6 is 0 Å². The van der Waals surface area contributed by atoms with E-state index in [2.05, 4.69) is 11.9 Å². The molecule has 0 spiro atoms. The van der Waals surface area contributed by atoms with E-state index in [1.165, 1.54) is 6.07 Å². The molecule has 2 amide bonds. The molecule has 1 N–H and O–H groups in total. The highest BCUT2D eigenvalue weighted by molar-refractivity contribution is 6.05. The van der Waals surface area contributed by atoms with Crippen LogP contribution in [0.2, 0.25) is 0 Å². The molecule has 1 aliphatic rings. The third kappa shape index (κ3) is 3.74. The summed E-state index contributed by atoms with van der Waals surface area (Å²) in [7, 11) is 0. The molecule has 0 bridgehead atoms. The summed E-state index contributed by atoms with van der Waals surface area (Å²) in [5.41, 5.74) is 0.138. The Morgan fingerprint density at radius 2 is 2.00 bits per heavy atom. The summed E-state index contributed by atoms with van der Waals surface area (Å²) >= 11 is 0. The number of fused-ring (bicyclic) bond motifs is 1. The zero-order valence-electron chi connectivity index (χ0n) is 15.6. The normalized spacial score (nSPS) is 15.3. The predicted molar refractivity (Wildman–Crippen MR) is 103 cm³/mol. The first-order chi connectivity index (χ1) is 13.2. The van der Waals surface area contributed by atoms with Crippen molar-refractivity contribution in [1.29, 1.82) is 0 Å². The van der Waals surface area contributed by atoms with Gasteiger partial charge in [-0.2, -0.15) is 0 Å². The number of ether oxygens (including phenoxy) is 1. The summed E-state index contributed by atoms with van der Waals surface area (Å²) < 4.78 is 32.2. The first kappa shape index (κ1) is 19.5. The number of benzene rings is 2. The molecule has 3 rings (SSSR count). The smallest absolute Gasteiger partial charge is 0.255 e. The highest BCUT2D eigenvalue weighted by atomic mass is 19.2. The quantitative estimate of drug-likeness (QED) is 0.803. The zero-order chi connectivity index (χ0) is 20.5. The molecule has 0 saturated heterocycles. The van der Waals surface area contributed by atoms with Crippen molar-refractivity contribution in [1.82, 2.24) is 0 Å². The lowest BCUT2D eigenvalue weighted by atomic mass is 9.93. The summed E-state index contributed by atoms with van der Waals surface area (Å²) in [6.45, 7) is 7.78. The van der Waals surface area contributed by atoms with Crippen LogP contribution in [0.3, 0.4) is 0 Å². The molecule has 2 aromatic rings. The van der Waals surface area contributed by atoms with Gasteiger partial charge in [-0.1, -0.05) is 6.08 Å². The van der Waals surface area contributed by atoms with E-state index in [1.54, 1.807) is 43.0 Å². The van der Waals surface area contributed by atoms with Crippen LogP contribution in [-0.4, -0.2) is 25.0 Å². The van der Waals surface area contributed by atoms with Gasteiger partial charge in [0.25, 0.3) is 5.91 Å². The van der Waals surface area contributed by atoms with Crippen molar-refractivity contribution >= 4 is 23.2 Å². The number of rotatable bonds is 4. The molecule has 7 heteroatoms. The molecular weight excluding hydrogens is 366 g/mol. The van der Waals surface area contributed by atoms with E-state index in [4.69, 9.17) is 4.74 Å². The van der Waals surface area contributed by atoms with Crippen molar-refractivity contribution in [3.63, 3.8) is 0 Å². The van der Waals surface area contributed by atoms with E-state index in [9.17, 15) is 18.4 Å². The van der Waals surface area contributed by atoms with E-state index >= 15 is 0 Å². The lowest BCUT2D eigenvalue weighted by Crippen LogP contribution is -2.42. The maximum Gasteiger partial charge on any atom is 0.255 e. The van der Waals surface area contributed by atoms with Gasteiger partial charge < -0.3 is 15.0 Å². The van der Waals surface area contributed by atoms with Crippen LogP contribution in [-0.2, 0) is 4.79 Å². The topological polar surface area (TPSA) is 58.6 Å². The van der Waals surface area contributed by atoms with Crippen LogP contribution in [0.25, 0.3) is 0 Å². The summed E-state index contributed by atoms with van der Waals surface area (Å²) in [5.74, 6) is -2.36. The lowest BCUT2D eigenvalue weighted by Gasteiger charge is -2.27. The van der Waals surface area contributed by atoms with Crippen molar-refractivity contribution in [2.75, 3.05) is 23.4 Å². The van der Waals surface area contributed by atoms with E-state index in [-0.39, 0.29) is 24.6 Å². The van der Waals surface area contributed by atoms with Crippen LogP contribution in [0.5, 0.6) is 5.75 Å². The molecule has 0 unspecified atom stereocenters. The Morgan fingerprint density at radius 1 is 1.25 bits per heavy atom. The first-order valence-electron chi connectivity index (χ1n) is 8.69. The molecule has 0 radical (unpaired) electrons. The monoisotopic (exact) mass is 386 g/mol. The number of nitrogens with one attached hydrogen (secondary N) is 1. The summed E-state index contributed by atoms with van der Waals surface area (Å²) in [5, 5.41) is 2.63. The van der Waals surface area contributed by atoms with Gasteiger partial charge in [-0.05, 0) is 50.2 Å². The fourth-order valence-electron chi connectivity index (χ4n) is 2.87. The maximum atomic E-state index is 13.4. The highest BCUT2D eigenvalue weighted by Crippen LogP contribution is 2.38. The van der Waals surface area contributed by atoms with Crippen molar-refractivity contribution in [2.45, 2.75) is 13.8 Å². The Labute approximate surface area is 161 Å². The minimum atomic E-state index is -1.10. The number of anilines is 2. The molecule has 1 heterocycles. The van der Waals surface area contributed by atoms with Crippen LogP contribution in [0.1, 0.15) is 24.2 Å². The molecule has 28 heavy (non-hydrogen) atoms. The second-order valence-electron chi connectivity index (χ2n) is 7.14. The Hall–Kier alpha value is -3.22. The van der Waals surface area contributed by atoms with Crippen molar-refractivity contribution in [2.24, 2.45) is 5.41 Å². The number of carbonyl (C=O) groups is 2. The lowest BCUT2D eigenvalue weighted by molar-refractivity contribution is -0.127. The number of halogens is 2. The Kier molecular flexibility index (Phi) is 5.18. The largest absolute Gasteiger partial charge is 0.490 e. The first-order valence-corrected chi connectivity index (χ1v) is 8.69. The number of hydrogen-bond donors (Lipinski definition) is 1. The molecule has 0 saturated carbocycles. The van der Waals surface area contributed by atoms with Gasteiger partial charge in [-0.3, -0.25) is 9.59 Å². The van der Waals surface area contributed by atoms with Gasteiger partial charge in [0, 0.05) is 17.8 Å². The van der Waals surface area contributed by atoms with Gasteiger partial charge in [0.15, 0.2) is 11.6 Å². The summed E-state index contributed by atoms with van der Waals surface area (Å²) in [4.78, 5) is 26.8. The number of hydrogen-bond acceptors (Lipinski definition) is 3. The fourth-order valence-corrected chi connectivity index (χ4v) is 2.87. The van der Waals surface area contributed by atoms with E-state index in [0.717, 1.165) is 12.1 Å². The molecule has 146 valence electrons. The number of nitrogens with zero attached hydrogens (tertiary/aromatic N) is 1. The van der Waals surface area contributed by atoms with Gasteiger partial charge in [-0.15, -0.1) is 6.58 Å². The Balaban J connectivity index is 1.92. The van der Waals surface area contributed by atoms with Crippen molar-refractivity contribution in [3.8, 4) is 5.75 Å². The average molecular weight is 386 g/mol. The predicted octanol–water partition coefficient (Wildman–Crippen LogP) is 4.15. The minimum absolute atomic E-state index is 0.0229. The maximum absolute atomic E-state index is 13.4. The Morgan fingerprint density at radius 3 is 2.68 bits per heavy atom. The van der Waals surface area contributed by atoms with Gasteiger partial charge in [0.05, 0.1) is 11.1 Å². The molecule has 5 nitrogen and oxygen atoms in total. The molecule has 0 aromatic heterocycles. The van der Waals surface area contributed by atoms with Gasteiger partial charge >= 0.3 is 0 Å². The van der Waals surface area contributed by atoms with Crippen LogP contribution < -0.4 is 15.0 Å². The molecule has 0 aliphatic carbocycles. The second-order valence-corrected chi connectivity index (χ2v) is 7.14.